The highest BCUT2D eigenvalue weighted by Gasteiger charge is 2.15. The standard InChI is InChI=1S/C26H20FNO3.C5H12.C4H10.C3H8.C2H6/c1-16(29)22-14-21(9-4-17-2-7-20(27)8-3-17)28-24-10-5-18(12-23(22)24)19-6-11-25-26(13-19)31-15-30-25;1-3-5-4-2;1-3-4-2;1-3-2;1-2/h2-3,5-8,10-14H,4,9,15H2,1H3;3-5H2,1-2H3;3-4H2,1-2H3;3H2,1-2H3;1-2H3. The summed E-state index contributed by atoms with van der Waals surface area (Å²) in [5.74, 6) is 1.21. The second-order valence-electron chi connectivity index (χ2n) is 10.7. The fourth-order valence-corrected chi connectivity index (χ4v) is 4.23. The molecule has 0 N–H and O–H groups in total. The van der Waals surface area contributed by atoms with E-state index >= 15 is 0 Å². The number of benzene rings is 3. The lowest BCUT2D eigenvalue weighted by molar-refractivity contribution is 0.101. The number of unbranched alkanes of at least 4 members (excludes halogenated alkanes) is 3. The van der Waals surface area contributed by atoms with E-state index in [1.807, 2.05) is 56.3 Å². The molecule has 0 aliphatic carbocycles. The van der Waals surface area contributed by atoms with Crippen molar-refractivity contribution in [3.8, 4) is 22.6 Å². The Labute approximate surface area is 272 Å². The van der Waals surface area contributed by atoms with Crippen LogP contribution < -0.4 is 9.47 Å². The van der Waals surface area contributed by atoms with Gasteiger partial charge in [0.25, 0.3) is 0 Å². The molecule has 1 aromatic heterocycles. The van der Waals surface area contributed by atoms with Crippen LogP contribution in [0.3, 0.4) is 0 Å². The molecule has 0 unspecified atom stereocenters. The van der Waals surface area contributed by atoms with Crippen molar-refractivity contribution < 1.29 is 18.7 Å². The van der Waals surface area contributed by atoms with Crippen LogP contribution in [0.2, 0.25) is 0 Å². The highest BCUT2D eigenvalue weighted by molar-refractivity contribution is 6.07. The third kappa shape index (κ3) is 13.4. The lowest BCUT2D eigenvalue weighted by Gasteiger charge is -2.10. The average molecular weight is 618 g/mol. The van der Waals surface area contributed by atoms with E-state index in [-0.39, 0.29) is 18.4 Å². The first-order chi connectivity index (χ1) is 21.8. The van der Waals surface area contributed by atoms with Crippen LogP contribution in [0, 0.1) is 5.82 Å². The average Bonchev–Trinajstić information content (AvgIpc) is 3.54. The first-order valence-corrected chi connectivity index (χ1v) is 16.9. The third-order valence-corrected chi connectivity index (χ3v) is 6.74. The van der Waals surface area contributed by atoms with Crippen LogP contribution in [0.25, 0.3) is 22.0 Å². The van der Waals surface area contributed by atoms with Crippen molar-refractivity contribution in [1.82, 2.24) is 4.98 Å². The minimum Gasteiger partial charge on any atom is -0.454 e. The van der Waals surface area contributed by atoms with Crippen molar-refractivity contribution in [2.24, 2.45) is 0 Å². The molecule has 0 amide bonds. The van der Waals surface area contributed by atoms with Gasteiger partial charge >= 0.3 is 0 Å². The number of aromatic nitrogens is 1. The number of halogens is 1. The number of fused-ring (bicyclic) bond motifs is 2. The molecule has 0 saturated heterocycles. The summed E-state index contributed by atoms with van der Waals surface area (Å²) >= 11 is 0. The van der Waals surface area contributed by atoms with Crippen molar-refractivity contribution in [2.75, 3.05) is 6.79 Å². The van der Waals surface area contributed by atoms with Gasteiger partial charge in [0, 0.05) is 16.6 Å². The van der Waals surface area contributed by atoms with E-state index in [0.29, 0.717) is 12.0 Å². The number of nitrogens with zero attached hydrogens (tertiary/aromatic N) is 1. The maximum Gasteiger partial charge on any atom is 0.231 e. The quantitative estimate of drug-likeness (QED) is 0.185. The van der Waals surface area contributed by atoms with Crippen LogP contribution in [-0.4, -0.2) is 17.6 Å². The smallest absolute Gasteiger partial charge is 0.231 e. The van der Waals surface area contributed by atoms with Gasteiger partial charge in [-0.3, -0.25) is 9.78 Å². The van der Waals surface area contributed by atoms with E-state index in [1.165, 1.54) is 50.7 Å². The Balaban J connectivity index is 0.000000617. The minimum absolute atomic E-state index is 0.00160. The van der Waals surface area contributed by atoms with E-state index in [2.05, 4.69) is 41.5 Å². The summed E-state index contributed by atoms with van der Waals surface area (Å²) in [6, 6.07) is 20.1. The van der Waals surface area contributed by atoms with Gasteiger partial charge in [-0.05, 0) is 78.9 Å². The molecule has 0 fully saturated rings. The number of ketones is 1. The maximum absolute atomic E-state index is 13.1. The molecule has 0 radical (unpaired) electrons. The van der Waals surface area contributed by atoms with Gasteiger partial charge in [-0.1, -0.05) is 118 Å². The van der Waals surface area contributed by atoms with Crippen LogP contribution in [0.5, 0.6) is 11.5 Å². The van der Waals surface area contributed by atoms with Gasteiger partial charge in [-0.15, -0.1) is 0 Å². The van der Waals surface area contributed by atoms with Crippen molar-refractivity contribution in [1.29, 1.82) is 0 Å². The first-order valence-electron chi connectivity index (χ1n) is 16.9. The SMILES string of the molecule is CC.CC(=O)c1cc(CCc2ccc(F)cc2)nc2ccc(-c3ccc4c(c3)OCO4)cc12.CCC.CCCC.CCCCC. The zero-order valence-corrected chi connectivity index (χ0v) is 29.3. The van der Waals surface area contributed by atoms with Gasteiger partial charge in [-0.2, -0.15) is 0 Å². The topological polar surface area (TPSA) is 48.4 Å². The highest BCUT2D eigenvalue weighted by Crippen LogP contribution is 2.36. The molecule has 4 nitrogen and oxygen atoms in total. The van der Waals surface area contributed by atoms with Gasteiger partial charge in [0.1, 0.15) is 5.82 Å². The Morgan fingerprint density at radius 3 is 1.87 bits per heavy atom. The molecule has 0 spiro atoms. The molecule has 0 bridgehead atoms. The second-order valence-corrected chi connectivity index (χ2v) is 10.7. The summed E-state index contributed by atoms with van der Waals surface area (Å²) in [4.78, 5) is 17.2. The molecule has 4 aromatic rings. The summed E-state index contributed by atoms with van der Waals surface area (Å²) in [7, 11) is 0. The van der Waals surface area contributed by atoms with Crippen LogP contribution in [0.4, 0.5) is 4.39 Å². The lowest BCUT2D eigenvalue weighted by Crippen LogP contribution is -2.01. The van der Waals surface area contributed by atoms with E-state index in [0.717, 1.165) is 51.2 Å². The Morgan fingerprint density at radius 2 is 1.31 bits per heavy atom. The highest BCUT2D eigenvalue weighted by atomic mass is 19.1. The van der Waals surface area contributed by atoms with Gasteiger partial charge < -0.3 is 9.47 Å². The van der Waals surface area contributed by atoms with Crippen LogP contribution >= 0.6 is 0 Å². The van der Waals surface area contributed by atoms with Crippen molar-refractivity contribution in [3.63, 3.8) is 0 Å². The number of pyridine rings is 1. The van der Waals surface area contributed by atoms with Crippen molar-refractivity contribution in [2.45, 2.75) is 114 Å². The number of hydrogen-bond acceptors (Lipinski definition) is 4. The number of hydrogen-bond donors (Lipinski definition) is 0. The zero-order valence-electron chi connectivity index (χ0n) is 29.3. The van der Waals surface area contributed by atoms with Crippen LogP contribution in [0.1, 0.15) is 122 Å². The molecule has 45 heavy (non-hydrogen) atoms. The van der Waals surface area contributed by atoms with E-state index in [4.69, 9.17) is 14.5 Å². The van der Waals surface area contributed by atoms with Crippen LogP contribution in [0.15, 0.2) is 66.7 Å². The molecular formula is C40H56FNO3. The third-order valence-electron chi connectivity index (χ3n) is 6.74. The number of carbonyl (C=O) groups is 1. The number of aryl methyl sites for hydroxylation is 2. The van der Waals surface area contributed by atoms with E-state index < -0.39 is 0 Å². The number of ether oxygens (including phenoxy) is 2. The molecule has 1 aliphatic heterocycles. The molecule has 0 saturated carbocycles. The number of Topliss-reactive ketones (excluding diaryl/α,β-unsaturated/α-hetero) is 1. The largest absolute Gasteiger partial charge is 0.454 e. The Bertz CT molecular complexity index is 1400. The molecule has 0 atom stereocenters. The number of rotatable bonds is 8. The van der Waals surface area contributed by atoms with Crippen molar-refractivity contribution in [3.05, 3.63) is 89.4 Å². The second kappa shape index (κ2) is 22.7. The molecular weight excluding hydrogens is 561 g/mol. The molecule has 5 heteroatoms. The molecule has 246 valence electrons. The van der Waals surface area contributed by atoms with E-state index in [1.54, 1.807) is 19.1 Å². The Morgan fingerprint density at radius 1 is 0.733 bits per heavy atom. The van der Waals surface area contributed by atoms with E-state index in [9.17, 15) is 9.18 Å². The van der Waals surface area contributed by atoms with Crippen molar-refractivity contribution >= 4 is 16.7 Å². The van der Waals surface area contributed by atoms with Gasteiger partial charge in [-0.25, -0.2) is 4.39 Å². The van der Waals surface area contributed by atoms with Gasteiger partial charge in [0.05, 0.1) is 5.52 Å². The van der Waals surface area contributed by atoms with Crippen LogP contribution in [-0.2, 0) is 12.8 Å². The predicted octanol–water partition coefficient (Wildman–Crippen LogP) is 12.2. The predicted molar refractivity (Wildman–Crippen MR) is 190 cm³/mol. The summed E-state index contributed by atoms with van der Waals surface area (Å²) in [5, 5.41) is 0.827. The molecule has 1 aliphatic rings. The Hall–Kier alpha value is -3.73. The fraction of sp³-hybridized carbons (Fsp3) is 0.450. The number of carbonyl (C=O) groups excluding carboxylic acids is 1. The molecule has 3 aromatic carbocycles. The summed E-state index contributed by atoms with van der Waals surface area (Å²) in [5.41, 5.74) is 5.28. The monoisotopic (exact) mass is 617 g/mol. The normalized spacial score (nSPS) is 10.6. The summed E-state index contributed by atoms with van der Waals surface area (Å²) in [6.07, 6.45) is 9.37. The Kier molecular flexibility index (Phi) is 19.8. The van der Waals surface area contributed by atoms with Gasteiger partial charge in [0.2, 0.25) is 6.79 Å². The maximum atomic E-state index is 13.1. The fourth-order valence-electron chi connectivity index (χ4n) is 4.23. The van der Waals surface area contributed by atoms with Gasteiger partial charge in [0.15, 0.2) is 17.3 Å². The minimum atomic E-state index is -0.246. The first kappa shape index (κ1) is 39.3. The zero-order chi connectivity index (χ0) is 33.6. The summed E-state index contributed by atoms with van der Waals surface area (Å²) < 4.78 is 24.0. The lowest BCUT2D eigenvalue weighted by atomic mass is 9.97. The molecule has 2 heterocycles. The molecule has 5 rings (SSSR count). The summed E-state index contributed by atoms with van der Waals surface area (Å²) in [6.45, 7) is 18.8.